The van der Waals surface area contributed by atoms with Crippen LogP contribution in [0.15, 0.2) is 23.8 Å². The number of hydrogen-bond donors (Lipinski definition) is 1. The Morgan fingerprint density at radius 1 is 1.33 bits per heavy atom. The monoisotopic (exact) mass is 394 g/mol. The number of aliphatic hydroxyl groups is 1. The van der Waals surface area contributed by atoms with Crippen LogP contribution in [0.2, 0.25) is 18.1 Å². The van der Waals surface area contributed by atoms with Gasteiger partial charge in [-0.1, -0.05) is 44.5 Å². The van der Waals surface area contributed by atoms with E-state index >= 15 is 0 Å². The highest BCUT2D eigenvalue weighted by Gasteiger charge is 2.38. The van der Waals surface area contributed by atoms with Crippen molar-refractivity contribution in [2.24, 2.45) is 0 Å². The van der Waals surface area contributed by atoms with E-state index in [1.54, 1.807) is 6.08 Å². The summed E-state index contributed by atoms with van der Waals surface area (Å²) in [5.41, 5.74) is 0. The van der Waals surface area contributed by atoms with Crippen molar-refractivity contribution >= 4 is 37.3 Å². The first-order valence-corrected chi connectivity index (χ1v) is 12.1. The van der Waals surface area contributed by atoms with Crippen LogP contribution in [-0.2, 0) is 9.22 Å². The van der Waals surface area contributed by atoms with Gasteiger partial charge in [-0.15, -0.1) is 18.2 Å². The van der Waals surface area contributed by atoms with Crippen LogP contribution < -0.4 is 0 Å². The van der Waals surface area contributed by atoms with Gasteiger partial charge in [0.25, 0.3) is 0 Å². The number of ketones is 1. The summed E-state index contributed by atoms with van der Waals surface area (Å²) in [6.07, 6.45) is 4.17. The van der Waals surface area contributed by atoms with Crippen molar-refractivity contribution in [2.45, 2.75) is 76.1 Å². The lowest BCUT2D eigenvalue weighted by molar-refractivity contribution is -0.120. The van der Waals surface area contributed by atoms with Gasteiger partial charge in [0.2, 0.25) is 0 Å². The molecule has 6 heteroatoms. The molecule has 0 bridgehead atoms. The van der Waals surface area contributed by atoms with E-state index in [0.29, 0.717) is 24.3 Å². The molecule has 0 fully saturated rings. The highest BCUT2D eigenvalue weighted by atomic mass is 35.5. The summed E-state index contributed by atoms with van der Waals surface area (Å²) >= 11 is 12.2. The molecule has 0 aromatic rings. The summed E-state index contributed by atoms with van der Waals surface area (Å²) in [5, 5.41) is 10.3. The van der Waals surface area contributed by atoms with Crippen molar-refractivity contribution in [1.29, 1.82) is 0 Å². The number of carbonyl (C=O) groups is 1. The number of halogens is 2. The molecule has 0 radical (unpaired) electrons. The third kappa shape index (κ3) is 9.38. The molecule has 3 nitrogen and oxygen atoms in total. The van der Waals surface area contributed by atoms with Gasteiger partial charge in [-0.2, -0.15) is 0 Å². The molecule has 0 saturated carbocycles. The van der Waals surface area contributed by atoms with E-state index in [1.807, 2.05) is 6.08 Å². The molecular formula is C18H32Cl2O3Si. The molecule has 0 spiro atoms. The highest BCUT2D eigenvalue weighted by Crippen LogP contribution is 2.36. The summed E-state index contributed by atoms with van der Waals surface area (Å²) in [6, 6.07) is 0. The van der Waals surface area contributed by atoms with Crippen LogP contribution in [0.5, 0.6) is 0 Å². The Hall–Kier alpha value is -0.133. The molecule has 0 aliphatic carbocycles. The van der Waals surface area contributed by atoms with Crippen molar-refractivity contribution in [3.63, 3.8) is 0 Å². The number of allylic oxidation sites excluding steroid dienone is 3. The third-order valence-corrected chi connectivity index (χ3v) is 9.67. The number of Topliss-reactive ketones (excluding diaryl/α,β-unsaturated/α-hetero) is 1. The Labute approximate surface area is 158 Å². The summed E-state index contributed by atoms with van der Waals surface area (Å²) in [4.78, 5) is 11.9. The summed E-state index contributed by atoms with van der Waals surface area (Å²) in [5.74, 6) is -0.0503. The number of carbonyl (C=O) groups excluding carboxylic acids is 1. The van der Waals surface area contributed by atoms with Gasteiger partial charge in [-0.25, -0.2) is 0 Å². The van der Waals surface area contributed by atoms with Crippen LogP contribution in [0.3, 0.4) is 0 Å². The molecule has 24 heavy (non-hydrogen) atoms. The zero-order valence-corrected chi connectivity index (χ0v) is 18.1. The molecule has 140 valence electrons. The maximum absolute atomic E-state index is 11.9. The summed E-state index contributed by atoms with van der Waals surface area (Å²) in [7, 11) is -1.91. The van der Waals surface area contributed by atoms with Crippen LogP contribution in [0.25, 0.3) is 0 Å². The first-order valence-electron chi connectivity index (χ1n) is 8.34. The normalized spacial score (nSPS) is 15.9. The minimum absolute atomic E-state index is 0.0284. The van der Waals surface area contributed by atoms with Gasteiger partial charge in [0.15, 0.2) is 8.32 Å². The maximum atomic E-state index is 11.9. The molecule has 0 aromatic carbocycles. The van der Waals surface area contributed by atoms with Crippen LogP contribution in [-0.4, -0.2) is 37.3 Å². The highest BCUT2D eigenvalue weighted by molar-refractivity contribution is 6.74. The first-order chi connectivity index (χ1) is 10.9. The second-order valence-electron chi connectivity index (χ2n) is 7.57. The second-order valence-corrected chi connectivity index (χ2v) is 13.4. The van der Waals surface area contributed by atoms with Gasteiger partial charge in [0.1, 0.15) is 5.78 Å². The lowest BCUT2D eigenvalue weighted by Crippen LogP contribution is -2.43. The van der Waals surface area contributed by atoms with Gasteiger partial charge in [0, 0.05) is 17.9 Å². The van der Waals surface area contributed by atoms with Crippen LogP contribution in [0.1, 0.15) is 46.5 Å². The van der Waals surface area contributed by atoms with Crippen molar-refractivity contribution in [3.05, 3.63) is 23.8 Å². The van der Waals surface area contributed by atoms with E-state index in [-0.39, 0.29) is 23.8 Å². The average molecular weight is 395 g/mol. The second kappa shape index (κ2) is 10.8. The van der Waals surface area contributed by atoms with Crippen molar-refractivity contribution in [1.82, 2.24) is 0 Å². The van der Waals surface area contributed by atoms with Gasteiger partial charge in [-0.3, -0.25) is 4.79 Å². The Morgan fingerprint density at radius 2 is 1.92 bits per heavy atom. The van der Waals surface area contributed by atoms with E-state index in [2.05, 4.69) is 40.4 Å². The predicted molar refractivity (Wildman–Crippen MR) is 106 cm³/mol. The zero-order valence-electron chi connectivity index (χ0n) is 15.6. The maximum Gasteiger partial charge on any atom is 0.192 e. The molecule has 0 heterocycles. The molecule has 2 atom stereocenters. The lowest BCUT2D eigenvalue weighted by atomic mass is 10.1. The molecule has 0 rings (SSSR count). The van der Waals surface area contributed by atoms with E-state index in [1.165, 1.54) is 0 Å². The average Bonchev–Trinajstić information content (AvgIpc) is 2.47. The fourth-order valence-electron chi connectivity index (χ4n) is 1.65. The third-order valence-electron chi connectivity index (χ3n) is 4.41. The fourth-order valence-corrected chi connectivity index (χ4v) is 3.12. The molecule has 0 aromatic heterocycles. The smallest absolute Gasteiger partial charge is 0.192 e. The number of hydrogen-bond acceptors (Lipinski definition) is 3. The molecule has 1 N–H and O–H groups in total. The number of aliphatic hydroxyl groups excluding tert-OH is 1. The Kier molecular flexibility index (Phi) is 10.7. The largest absolute Gasteiger partial charge is 0.415 e. The molecule has 0 aliphatic heterocycles. The molecule has 0 unspecified atom stereocenters. The quantitative estimate of drug-likeness (QED) is 0.289. The van der Waals surface area contributed by atoms with Crippen molar-refractivity contribution in [2.75, 3.05) is 6.61 Å². The van der Waals surface area contributed by atoms with Gasteiger partial charge in [0.05, 0.1) is 18.1 Å². The fraction of sp³-hybridized carbons (Fsp3) is 0.722. The van der Waals surface area contributed by atoms with Crippen LogP contribution in [0, 0.1) is 0 Å². The van der Waals surface area contributed by atoms with Gasteiger partial charge < -0.3 is 9.53 Å². The Bertz CT molecular complexity index is 442. The number of alkyl halides is 1. The minimum atomic E-state index is -1.91. The summed E-state index contributed by atoms with van der Waals surface area (Å²) < 4.78 is 6.00. The number of rotatable bonds is 11. The molecular weight excluding hydrogens is 363 g/mol. The van der Waals surface area contributed by atoms with Crippen molar-refractivity contribution < 1.29 is 14.3 Å². The van der Waals surface area contributed by atoms with E-state index < -0.39 is 19.8 Å². The molecule has 0 saturated heterocycles. The zero-order chi connectivity index (χ0) is 19.0. The minimum Gasteiger partial charge on any atom is -0.415 e. The summed E-state index contributed by atoms with van der Waals surface area (Å²) in [6.45, 7) is 14.6. The van der Waals surface area contributed by atoms with E-state index in [9.17, 15) is 9.90 Å². The van der Waals surface area contributed by atoms with Crippen molar-refractivity contribution in [3.8, 4) is 0 Å². The lowest BCUT2D eigenvalue weighted by Gasteiger charge is -2.37. The Balaban J connectivity index is 4.28. The van der Waals surface area contributed by atoms with Crippen LogP contribution in [0.4, 0.5) is 0 Å². The van der Waals surface area contributed by atoms with Crippen LogP contribution >= 0.6 is 23.2 Å². The van der Waals surface area contributed by atoms with E-state index in [0.717, 1.165) is 0 Å². The topological polar surface area (TPSA) is 46.5 Å². The van der Waals surface area contributed by atoms with E-state index in [4.69, 9.17) is 27.6 Å². The SMILES string of the molecule is C=CC/C=C(\Cl)CCC(=O)C[C@@H](O)[C@@H](Cl)CO[Si](C)(C)C(C)(C)C. The van der Waals surface area contributed by atoms with Gasteiger partial charge in [-0.05, 0) is 31.0 Å². The predicted octanol–water partition coefficient (Wildman–Crippen LogP) is 5.41. The molecule has 0 amide bonds. The Morgan fingerprint density at radius 3 is 2.42 bits per heavy atom. The first kappa shape index (κ1) is 23.9. The standard InChI is InChI=1S/C18H32Cl2O3Si/c1-7-8-9-14(19)10-11-15(21)12-17(22)16(20)13-23-24(5,6)18(2,3)4/h7,9,16-17,22H,1,8,10-13H2,2-6H3/b14-9-/t16-,17+/m0/s1. The molecule has 0 aliphatic rings. The van der Waals surface area contributed by atoms with Gasteiger partial charge >= 0.3 is 0 Å².